The van der Waals surface area contributed by atoms with Gasteiger partial charge in [0.05, 0.1) is 6.67 Å². The van der Waals surface area contributed by atoms with Crippen molar-refractivity contribution >= 4 is 32.2 Å². The number of aliphatic hydroxyl groups is 1. The molecule has 1 aliphatic heterocycles. The van der Waals surface area contributed by atoms with Gasteiger partial charge in [0, 0.05) is 18.8 Å². The molecule has 0 aromatic rings. The van der Waals surface area contributed by atoms with Gasteiger partial charge in [0.2, 0.25) is 0 Å². The maximum absolute atomic E-state index is 12.2. The monoisotopic (exact) mass is 338 g/mol. The summed E-state index contributed by atoms with van der Waals surface area (Å²) in [7, 11) is -9.62. The number of nitrogens with two attached hydrogens (primary N) is 2. The van der Waals surface area contributed by atoms with Crippen molar-refractivity contribution in [2.24, 2.45) is 10.3 Å². The van der Waals surface area contributed by atoms with E-state index in [9.17, 15) is 26.3 Å². The predicted octanol–water partition coefficient (Wildman–Crippen LogP) is -2.29. The van der Waals surface area contributed by atoms with Crippen molar-refractivity contribution in [3.63, 3.8) is 0 Å². The molecule has 19 heavy (non-hydrogen) atoms. The molecule has 13 heteroatoms. The Morgan fingerprint density at radius 1 is 1.32 bits per heavy atom. The van der Waals surface area contributed by atoms with Crippen LogP contribution in [0.25, 0.3) is 0 Å². The van der Waals surface area contributed by atoms with E-state index in [2.05, 4.69) is 0 Å². The second-order valence-electron chi connectivity index (χ2n) is 3.74. The number of hydrogen-bond donors (Lipinski definition) is 3. The van der Waals surface area contributed by atoms with Crippen molar-refractivity contribution in [1.29, 1.82) is 0 Å². The molecule has 1 heterocycles. The van der Waals surface area contributed by atoms with Crippen molar-refractivity contribution in [3.8, 4) is 0 Å². The molecular weight excluding hydrogens is 323 g/mol. The zero-order valence-corrected chi connectivity index (χ0v) is 12.2. The molecule has 1 atom stereocenters. The Bertz CT molecular complexity index is 493. The first kappa shape index (κ1) is 17.0. The fraction of sp³-hybridized carbons (Fsp3) is 1.00. The third-order valence-electron chi connectivity index (χ3n) is 2.33. The molecule has 0 bridgehead atoms. The van der Waals surface area contributed by atoms with Crippen molar-refractivity contribution in [3.05, 3.63) is 0 Å². The quantitative estimate of drug-likeness (QED) is 0.462. The van der Waals surface area contributed by atoms with E-state index < -0.39 is 32.3 Å². The van der Waals surface area contributed by atoms with Crippen molar-refractivity contribution in [2.45, 2.75) is 11.6 Å². The Kier molecular flexibility index (Phi) is 5.17. The van der Waals surface area contributed by atoms with Gasteiger partial charge in [-0.05, 0) is 10.1 Å². The Morgan fingerprint density at radius 2 is 1.84 bits per heavy atom. The van der Waals surface area contributed by atoms with Gasteiger partial charge < -0.3 is 5.11 Å². The Labute approximate surface area is 115 Å². The molecule has 1 fully saturated rings. The summed E-state index contributed by atoms with van der Waals surface area (Å²) in [6.45, 7) is -0.563. The molecule has 114 valence electrons. The lowest BCUT2D eigenvalue weighted by Gasteiger charge is -2.37. The van der Waals surface area contributed by atoms with E-state index in [0.29, 0.717) is 11.8 Å². The van der Waals surface area contributed by atoms with Crippen LogP contribution < -0.4 is 10.3 Å². The van der Waals surface area contributed by atoms with E-state index in [1.165, 1.54) is 0 Å². The number of nitrogens with zero attached hydrogens (tertiary/aromatic N) is 2. The van der Waals surface area contributed by atoms with Gasteiger partial charge in [0.25, 0.3) is 25.6 Å². The number of alkyl halides is 1. The SMILES string of the molecule is NS(=O)(=O)N(C1(O)SCCN1CCCF)S(N)(=O)=O. The Balaban J connectivity index is 3.20. The van der Waals surface area contributed by atoms with E-state index in [1.54, 1.807) is 0 Å². The van der Waals surface area contributed by atoms with Crippen LogP contribution in [0, 0.1) is 0 Å². The maximum atomic E-state index is 12.2. The van der Waals surface area contributed by atoms with Crippen molar-refractivity contribution < 1.29 is 26.3 Å². The number of thioether (sulfide) groups is 1. The van der Waals surface area contributed by atoms with Gasteiger partial charge in [-0.15, -0.1) is 0 Å². The van der Waals surface area contributed by atoms with E-state index >= 15 is 0 Å². The first-order chi connectivity index (χ1) is 8.53. The van der Waals surface area contributed by atoms with E-state index in [1.807, 2.05) is 0 Å². The zero-order valence-electron chi connectivity index (χ0n) is 9.77. The molecule has 9 nitrogen and oxygen atoms in total. The summed E-state index contributed by atoms with van der Waals surface area (Å²) in [5.41, 5.74) is 0. The van der Waals surface area contributed by atoms with Gasteiger partial charge in [0.1, 0.15) is 0 Å². The second kappa shape index (κ2) is 5.77. The molecule has 1 aliphatic rings. The molecule has 0 radical (unpaired) electrons. The summed E-state index contributed by atoms with van der Waals surface area (Å²) in [5, 5.41) is 17.4. The lowest BCUT2D eigenvalue weighted by atomic mass is 10.4. The average molecular weight is 338 g/mol. The van der Waals surface area contributed by atoms with Gasteiger partial charge >= 0.3 is 0 Å². The van der Waals surface area contributed by atoms with E-state index in [4.69, 9.17) is 10.3 Å². The topological polar surface area (TPSA) is 147 Å². The van der Waals surface area contributed by atoms with E-state index in [0.717, 1.165) is 4.90 Å². The summed E-state index contributed by atoms with van der Waals surface area (Å²) >= 11 is 0.632. The molecular formula is C6H15FN4O5S3. The molecule has 0 aliphatic carbocycles. The lowest BCUT2D eigenvalue weighted by Crippen LogP contribution is -2.62. The summed E-state index contributed by atoms with van der Waals surface area (Å²) < 4.78 is 57.2. The van der Waals surface area contributed by atoms with Crippen LogP contribution in [0.2, 0.25) is 0 Å². The van der Waals surface area contributed by atoms with Crippen molar-refractivity contribution in [2.75, 3.05) is 25.5 Å². The molecule has 0 amide bonds. The third-order valence-corrected chi connectivity index (χ3v) is 6.46. The van der Waals surface area contributed by atoms with Crippen LogP contribution >= 0.6 is 11.8 Å². The van der Waals surface area contributed by atoms with Crippen LogP contribution in [0.4, 0.5) is 4.39 Å². The highest BCUT2D eigenvalue weighted by molar-refractivity contribution is 8.05. The molecule has 1 rings (SSSR count). The molecule has 1 unspecified atom stereocenters. The molecule has 0 saturated carbocycles. The first-order valence-electron chi connectivity index (χ1n) is 5.07. The fourth-order valence-electron chi connectivity index (χ4n) is 1.68. The summed E-state index contributed by atoms with van der Waals surface area (Å²) in [5.74, 6) is 0.240. The van der Waals surface area contributed by atoms with Gasteiger partial charge in [-0.1, -0.05) is 11.8 Å². The van der Waals surface area contributed by atoms with Crippen molar-refractivity contribution in [1.82, 2.24) is 8.61 Å². The largest absolute Gasteiger partial charge is 0.353 e. The first-order valence-corrected chi connectivity index (χ1v) is 9.06. The van der Waals surface area contributed by atoms with Gasteiger partial charge in [-0.2, -0.15) is 16.8 Å². The minimum atomic E-state index is -4.81. The van der Waals surface area contributed by atoms with Crippen LogP contribution in [0.1, 0.15) is 6.42 Å². The third kappa shape index (κ3) is 3.75. The minimum absolute atomic E-state index is 0.00590. The van der Waals surface area contributed by atoms with Gasteiger partial charge in [-0.25, -0.2) is 10.3 Å². The van der Waals surface area contributed by atoms with Crippen LogP contribution in [0.15, 0.2) is 0 Å². The standard InChI is InChI=1S/C6H15FN4O5S3/c7-2-1-3-10-4-5-17-6(10,12)11(18(8,13)14)19(9,15)16/h12H,1-5H2,(H2,8,13,14)(H2,9,15,16). The van der Waals surface area contributed by atoms with Gasteiger partial charge in [-0.3, -0.25) is 9.29 Å². The molecule has 0 aromatic heterocycles. The van der Waals surface area contributed by atoms with Crippen LogP contribution in [-0.2, 0) is 20.4 Å². The second-order valence-corrected chi connectivity index (χ2v) is 8.00. The molecule has 0 aromatic carbocycles. The minimum Gasteiger partial charge on any atom is -0.353 e. The number of halogens is 1. The van der Waals surface area contributed by atoms with Gasteiger partial charge in [0.15, 0.2) is 0 Å². The zero-order chi connectivity index (χ0) is 14.9. The predicted molar refractivity (Wildman–Crippen MR) is 67.6 cm³/mol. The maximum Gasteiger partial charge on any atom is 0.295 e. The Hall–Kier alpha value is -0.0200. The van der Waals surface area contributed by atoms with Crippen LogP contribution in [0.3, 0.4) is 0 Å². The number of rotatable bonds is 6. The summed E-state index contributed by atoms with van der Waals surface area (Å²) in [6.07, 6.45) is 0.00590. The lowest BCUT2D eigenvalue weighted by molar-refractivity contribution is -0.0657. The Morgan fingerprint density at radius 3 is 2.26 bits per heavy atom. The summed E-state index contributed by atoms with van der Waals surface area (Å²) in [6, 6.07) is 0. The number of hydrogen-bond acceptors (Lipinski definition) is 7. The smallest absolute Gasteiger partial charge is 0.295 e. The molecule has 1 saturated heterocycles. The highest BCUT2D eigenvalue weighted by Crippen LogP contribution is 2.38. The molecule has 0 spiro atoms. The van der Waals surface area contributed by atoms with E-state index in [-0.39, 0.29) is 29.0 Å². The fourth-order valence-corrected chi connectivity index (χ4v) is 5.73. The van der Waals surface area contributed by atoms with Crippen LogP contribution in [-0.4, -0.2) is 61.3 Å². The summed E-state index contributed by atoms with van der Waals surface area (Å²) in [4.78, 5) is 1.09. The molecule has 5 N–H and O–H groups in total. The van der Waals surface area contributed by atoms with Crippen LogP contribution in [0.5, 0.6) is 0 Å². The average Bonchev–Trinajstić information content (AvgIpc) is 2.52. The highest BCUT2D eigenvalue weighted by atomic mass is 32.3. The highest BCUT2D eigenvalue weighted by Gasteiger charge is 2.54. The normalized spacial score (nSPS) is 26.2.